The summed E-state index contributed by atoms with van der Waals surface area (Å²) in [6.07, 6.45) is 3.61. The SMILES string of the molecule is Cc1nn(C)c(C)c1CN=C(NCCCN1CCOCC1)NCCc1ccco1.I. The number of guanidine groups is 1. The first-order chi connectivity index (χ1) is 14.1. The third-order valence-electron chi connectivity index (χ3n) is 5.35. The van der Waals surface area contributed by atoms with Gasteiger partial charge in [-0.15, -0.1) is 24.0 Å². The Bertz CT molecular complexity index is 769. The lowest BCUT2D eigenvalue weighted by molar-refractivity contribution is 0.0376. The first-order valence-electron chi connectivity index (χ1n) is 10.5. The summed E-state index contributed by atoms with van der Waals surface area (Å²) in [6.45, 7) is 11.2. The molecule has 2 aromatic rings. The highest BCUT2D eigenvalue weighted by Crippen LogP contribution is 2.12. The van der Waals surface area contributed by atoms with Gasteiger partial charge in [-0.25, -0.2) is 4.99 Å². The zero-order valence-corrected chi connectivity index (χ0v) is 20.6. The molecule has 168 valence electrons. The van der Waals surface area contributed by atoms with Crippen LogP contribution >= 0.6 is 24.0 Å². The first-order valence-corrected chi connectivity index (χ1v) is 10.5. The zero-order valence-electron chi connectivity index (χ0n) is 18.3. The molecule has 0 aromatic carbocycles. The van der Waals surface area contributed by atoms with E-state index in [1.54, 1.807) is 6.26 Å². The summed E-state index contributed by atoms with van der Waals surface area (Å²) in [5.74, 6) is 1.81. The van der Waals surface area contributed by atoms with Gasteiger partial charge in [-0.1, -0.05) is 0 Å². The molecule has 2 aromatic heterocycles. The van der Waals surface area contributed by atoms with Crippen molar-refractivity contribution in [3.8, 4) is 0 Å². The van der Waals surface area contributed by atoms with Crippen LogP contribution in [0.5, 0.6) is 0 Å². The van der Waals surface area contributed by atoms with Crippen LogP contribution in [0.15, 0.2) is 27.8 Å². The summed E-state index contributed by atoms with van der Waals surface area (Å²) in [5, 5.41) is 11.4. The van der Waals surface area contributed by atoms with Crippen molar-refractivity contribution in [1.29, 1.82) is 0 Å². The third-order valence-corrected chi connectivity index (χ3v) is 5.35. The van der Waals surface area contributed by atoms with Gasteiger partial charge in [0.2, 0.25) is 0 Å². The summed E-state index contributed by atoms with van der Waals surface area (Å²) in [7, 11) is 1.97. The fourth-order valence-electron chi connectivity index (χ4n) is 3.47. The highest BCUT2D eigenvalue weighted by atomic mass is 127. The topological polar surface area (TPSA) is 79.9 Å². The maximum atomic E-state index is 5.42. The normalized spacial score (nSPS) is 15.1. The predicted octanol–water partition coefficient (Wildman–Crippen LogP) is 2.25. The molecule has 1 fully saturated rings. The van der Waals surface area contributed by atoms with E-state index in [0.29, 0.717) is 6.54 Å². The van der Waals surface area contributed by atoms with Crippen molar-refractivity contribution in [2.45, 2.75) is 33.2 Å². The van der Waals surface area contributed by atoms with E-state index in [1.165, 1.54) is 5.56 Å². The molecule has 3 heterocycles. The lowest BCUT2D eigenvalue weighted by Gasteiger charge is -2.26. The van der Waals surface area contributed by atoms with Gasteiger partial charge < -0.3 is 19.8 Å². The van der Waals surface area contributed by atoms with Crippen LogP contribution in [0.3, 0.4) is 0 Å². The molecule has 8 nitrogen and oxygen atoms in total. The van der Waals surface area contributed by atoms with Crippen molar-refractivity contribution in [2.75, 3.05) is 45.9 Å². The lowest BCUT2D eigenvalue weighted by Crippen LogP contribution is -2.41. The second kappa shape index (κ2) is 13.0. The fourth-order valence-corrected chi connectivity index (χ4v) is 3.47. The molecule has 0 bridgehead atoms. The Morgan fingerprint density at radius 3 is 2.63 bits per heavy atom. The summed E-state index contributed by atoms with van der Waals surface area (Å²) < 4.78 is 12.7. The molecule has 0 unspecified atom stereocenters. The van der Waals surface area contributed by atoms with Crippen LogP contribution in [0, 0.1) is 13.8 Å². The molecular weight excluding hydrogens is 495 g/mol. The number of ether oxygens (including phenoxy) is 1. The Labute approximate surface area is 196 Å². The van der Waals surface area contributed by atoms with Gasteiger partial charge in [-0.05, 0) is 38.9 Å². The number of morpholine rings is 1. The average molecular weight is 530 g/mol. The van der Waals surface area contributed by atoms with E-state index in [2.05, 4.69) is 27.6 Å². The first kappa shape index (κ1) is 24.7. The zero-order chi connectivity index (χ0) is 20.5. The van der Waals surface area contributed by atoms with Gasteiger partial charge in [-0.3, -0.25) is 9.58 Å². The fraction of sp³-hybridized carbons (Fsp3) is 0.619. The largest absolute Gasteiger partial charge is 0.469 e. The van der Waals surface area contributed by atoms with Crippen molar-refractivity contribution in [1.82, 2.24) is 25.3 Å². The van der Waals surface area contributed by atoms with Crippen LogP contribution < -0.4 is 10.6 Å². The number of nitrogens with one attached hydrogen (secondary N) is 2. The van der Waals surface area contributed by atoms with E-state index in [0.717, 1.165) is 81.9 Å². The van der Waals surface area contributed by atoms with Crippen molar-refractivity contribution in [2.24, 2.45) is 12.0 Å². The van der Waals surface area contributed by atoms with E-state index in [4.69, 9.17) is 14.1 Å². The Morgan fingerprint density at radius 2 is 1.97 bits per heavy atom. The van der Waals surface area contributed by atoms with Gasteiger partial charge in [0.1, 0.15) is 5.76 Å². The number of rotatable bonds is 9. The Balaban J connectivity index is 0.00000320. The van der Waals surface area contributed by atoms with E-state index < -0.39 is 0 Å². The minimum atomic E-state index is 0. The molecule has 0 spiro atoms. The monoisotopic (exact) mass is 530 g/mol. The molecule has 3 rings (SSSR count). The molecule has 0 atom stereocenters. The van der Waals surface area contributed by atoms with E-state index in [1.807, 2.05) is 30.8 Å². The summed E-state index contributed by atoms with van der Waals surface area (Å²) in [6, 6.07) is 3.92. The van der Waals surface area contributed by atoms with Crippen LogP contribution in [-0.4, -0.2) is 66.6 Å². The number of aryl methyl sites for hydroxylation is 2. The van der Waals surface area contributed by atoms with Crippen molar-refractivity contribution in [3.63, 3.8) is 0 Å². The quantitative estimate of drug-likeness (QED) is 0.224. The summed E-state index contributed by atoms with van der Waals surface area (Å²) in [4.78, 5) is 7.26. The molecule has 30 heavy (non-hydrogen) atoms. The minimum Gasteiger partial charge on any atom is -0.469 e. The molecule has 0 saturated carbocycles. The number of aliphatic imine (C=N–C) groups is 1. The Hall–Kier alpha value is -1.59. The van der Waals surface area contributed by atoms with Crippen LogP contribution in [0.4, 0.5) is 0 Å². The molecule has 9 heteroatoms. The van der Waals surface area contributed by atoms with Gasteiger partial charge in [-0.2, -0.15) is 5.10 Å². The van der Waals surface area contributed by atoms with Crippen molar-refractivity contribution < 1.29 is 9.15 Å². The van der Waals surface area contributed by atoms with E-state index in [-0.39, 0.29) is 24.0 Å². The van der Waals surface area contributed by atoms with E-state index >= 15 is 0 Å². The maximum Gasteiger partial charge on any atom is 0.191 e. The highest BCUT2D eigenvalue weighted by Gasteiger charge is 2.11. The van der Waals surface area contributed by atoms with Gasteiger partial charge in [0.05, 0.1) is 31.7 Å². The smallest absolute Gasteiger partial charge is 0.191 e. The molecule has 0 radical (unpaired) electrons. The van der Waals surface area contributed by atoms with Crippen molar-refractivity contribution in [3.05, 3.63) is 41.1 Å². The second-order valence-electron chi connectivity index (χ2n) is 7.43. The van der Waals surface area contributed by atoms with Gasteiger partial charge in [0, 0.05) is 50.9 Å². The molecule has 1 aliphatic heterocycles. The predicted molar refractivity (Wildman–Crippen MR) is 130 cm³/mol. The van der Waals surface area contributed by atoms with Crippen LogP contribution in [-0.2, 0) is 24.8 Å². The molecule has 0 amide bonds. The van der Waals surface area contributed by atoms with E-state index in [9.17, 15) is 0 Å². The number of halogens is 1. The lowest BCUT2D eigenvalue weighted by atomic mass is 10.2. The molecular formula is C21H35IN6O2. The van der Waals surface area contributed by atoms with Gasteiger partial charge in [0.15, 0.2) is 5.96 Å². The minimum absolute atomic E-state index is 0. The Kier molecular flexibility index (Phi) is 10.7. The van der Waals surface area contributed by atoms with Crippen LogP contribution in [0.1, 0.15) is 29.1 Å². The molecule has 1 saturated heterocycles. The van der Waals surface area contributed by atoms with Gasteiger partial charge in [0.25, 0.3) is 0 Å². The molecule has 1 aliphatic rings. The highest BCUT2D eigenvalue weighted by molar-refractivity contribution is 14.0. The number of hydrogen-bond donors (Lipinski definition) is 2. The molecule has 0 aliphatic carbocycles. The number of nitrogens with zero attached hydrogens (tertiary/aromatic N) is 4. The average Bonchev–Trinajstić information content (AvgIpc) is 3.32. The van der Waals surface area contributed by atoms with Crippen molar-refractivity contribution >= 4 is 29.9 Å². The maximum absolute atomic E-state index is 5.42. The van der Waals surface area contributed by atoms with Crippen LogP contribution in [0.2, 0.25) is 0 Å². The summed E-state index contributed by atoms with van der Waals surface area (Å²) >= 11 is 0. The number of aromatic nitrogens is 2. The van der Waals surface area contributed by atoms with Crippen LogP contribution in [0.25, 0.3) is 0 Å². The number of furan rings is 1. The molecule has 2 N–H and O–H groups in total. The van der Waals surface area contributed by atoms with Gasteiger partial charge >= 0.3 is 0 Å². The standard InChI is InChI=1S/C21H34N6O2.HI/c1-17-20(18(2)26(3)25-17)16-24-21(23-9-7-19-6-4-13-29-19)22-8-5-10-27-11-14-28-15-12-27;/h4,6,13H,5,7-12,14-16H2,1-3H3,(H2,22,23,24);1H. The second-order valence-corrected chi connectivity index (χ2v) is 7.43. The Morgan fingerprint density at radius 1 is 1.20 bits per heavy atom. The summed E-state index contributed by atoms with van der Waals surface area (Å²) in [5.41, 5.74) is 3.39. The third kappa shape index (κ3) is 7.59. The number of hydrogen-bond acceptors (Lipinski definition) is 5.